The van der Waals surface area contributed by atoms with Crippen LogP contribution in [-0.4, -0.2) is 11.6 Å². The molecule has 0 aromatic heterocycles. The summed E-state index contributed by atoms with van der Waals surface area (Å²) in [5.74, 6) is 0.428. The summed E-state index contributed by atoms with van der Waals surface area (Å²) in [6.45, 7) is 4.35. The number of ether oxygens (including phenoxy) is 1. The molecule has 0 spiro atoms. The first-order valence-electron chi connectivity index (χ1n) is 13.8. The van der Waals surface area contributed by atoms with E-state index in [1.807, 2.05) is 36.4 Å². The van der Waals surface area contributed by atoms with Crippen LogP contribution in [0.15, 0.2) is 78.9 Å². The van der Waals surface area contributed by atoms with E-state index < -0.39 is 0 Å². The molecule has 39 heavy (non-hydrogen) atoms. The average Bonchev–Trinajstić information content (AvgIpc) is 2.96. The van der Waals surface area contributed by atoms with Gasteiger partial charge in [-0.25, -0.2) is 0 Å². The fraction of sp³-hybridized carbons (Fsp3) is 0.235. The number of nitrogen functional groups attached to an aromatic ring is 1. The van der Waals surface area contributed by atoms with E-state index in [0.717, 1.165) is 44.2 Å². The maximum atomic E-state index is 13.7. The van der Waals surface area contributed by atoms with Crippen LogP contribution in [0.3, 0.4) is 0 Å². The highest BCUT2D eigenvalue weighted by molar-refractivity contribution is 6.32. The van der Waals surface area contributed by atoms with Crippen molar-refractivity contribution in [1.29, 1.82) is 0 Å². The second-order valence-electron chi connectivity index (χ2n) is 10.1. The summed E-state index contributed by atoms with van der Waals surface area (Å²) in [6.07, 6.45) is 6.57. The zero-order valence-corrected chi connectivity index (χ0v) is 22.6. The summed E-state index contributed by atoms with van der Waals surface area (Å²) < 4.78 is 6.22. The highest BCUT2D eigenvalue weighted by Crippen LogP contribution is 2.43. The van der Waals surface area contributed by atoms with Crippen LogP contribution in [0.25, 0.3) is 0 Å². The monoisotopic (exact) mass is 518 g/mol. The highest BCUT2D eigenvalue weighted by Gasteiger charge is 2.35. The van der Waals surface area contributed by atoms with E-state index >= 15 is 0 Å². The summed E-state index contributed by atoms with van der Waals surface area (Å²) >= 11 is 0. The number of rotatable bonds is 10. The lowest BCUT2D eigenvalue weighted by molar-refractivity contribution is 0.0980. The fourth-order valence-corrected chi connectivity index (χ4v) is 5.00. The standard InChI is InChI=1S/C34H34N2O3/c1-3-5-9-22-13-17-24(18-14-22)36-28-21-29(39-25-19-15-23(16-20-25)10-6-4-2)32(35)31-30(28)33(37)26-11-7-8-12-27(26)34(31)38/h7-8,11-21,36H,3-6,9-10,35H2,1-2H3. The molecule has 0 fully saturated rings. The normalized spacial score (nSPS) is 12.2. The minimum absolute atomic E-state index is 0.161. The quantitative estimate of drug-likeness (QED) is 0.182. The second-order valence-corrected chi connectivity index (χ2v) is 10.1. The predicted molar refractivity (Wildman–Crippen MR) is 158 cm³/mol. The van der Waals surface area contributed by atoms with Gasteiger partial charge in [0.05, 0.1) is 22.5 Å². The topological polar surface area (TPSA) is 81.4 Å². The number of benzene rings is 4. The largest absolute Gasteiger partial charge is 0.455 e. The van der Waals surface area contributed by atoms with E-state index in [1.165, 1.54) is 11.1 Å². The first kappa shape index (κ1) is 26.2. The van der Waals surface area contributed by atoms with E-state index in [1.54, 1.807) is 30.3 Å². The summed E-state index contributed by atoms with van der Waals surface area (Å²) in [5.41, 5.74) is 11.7. The van der Waals surface area contributed by atoms with Gasteiger partial charge in [-0.3, -0.25) is 9.59 Å². The molecule has 5 heteroatoms. The number of hydrogen-bond donors (Lipinski definition) is 2. The Morgan fingerprint density at radius 3 is 1.82 bits per heavy atom. The van der Waals surface area contributed by atoms with Gasteiger partial charge in [0.2, 0.25) is 0 Å². The van der Waals surface area contributed by atoms with Gasteiger partial charge < -0.3 is 15.8 Å². The van der Waals surface area contributed by atoms with Gasteiger partial charge >= 0.3 is 0 Å². The molecule has 0 aliphatic heterocycles. The van der Waals surface area contributed by atoms with Crippen molar-refractivity contribution in [2.75, 3.05) is 11.1 Å². The van der Waals surface area contributed by atoms with Crippen LogP contribution >= 0.6 is 0 Å². The highest BCUT2D eigenvalue weighted by atomic mass is 16.5. The third-order valence-corrected chi connectivity index (χ3v) is 7.22. The van der Waals surface area contributed by atoms with Crippen LogP contribution in [0.5, 0.6) is 11.5 Å². The van der Waals surface area contributed by atoms with Crippen molar-refractivity contribution in [3.63, 3.8) is 0 Å². The minimum atomic E-state index is -0.281. The Morgan fingerprint density at radius 1 is 0.718 bits per heavy atom. The van der Waals surface area contributed by atoms with Crippen LogP contribution in [0, 0.1) is 0 Å². The summed E-state index contributed by atoms with van der Waals surface area (Å²) in [6, 6.07) is 24.7. The summed E-state index contributed by atoms with van der Waals surface area (Å²) in [7, 11) is 0. The lowest BCUT2D eigenvalue weighted by Crippen LogP contribution is -2.24. The number of ketones is 2. The SMILES string of the molecule is CCCCc1ccc(Nc2cc(Oc3ccc(CCCC)cc3)c(N)c3c2C(=O)c2ccccc2C3=O)cc1. The lowest BCUT2D eigenvalue weighted by Gasteiger charge is -2.24. The van der Waals surface area contributed by atoms with Gasteiger partial charge in [0.25, 0.3) is 0 Å². The van der Waals surface area contributed by atoms with Gasteiger partial charge in [0.1, 0.15) is 5.75 Å². The second kappa shape index (κ2) is 11.6. The maximum Gasteiger partial charge on any atom is 0.196 e. The Labute approximate surface area is 230 Å². The number of aryl methyl sites for hydroxylation is 2. The number of unbranched alkanes of at least 4 members (excludes halogenated alkanes) is 2. The molecule has 0 saturated carbocycles. The van der Waals surface area contributed by atoms with Gasteiger partial charge in [0.15, 0.2) is 17.3 Å². The van der Waals surface area contributed by atoms with E-state index in [-0.39, 0.29) is 28.4 Å². The van der Waals surface area contributed by atoms with Crippen LogP contribution in [0.4, 0.5) is 17.1 Å². The number of anilines is 3. The van der Waals surface area contributed by atoms with Crippen LogP contribution < -0.4 is 15.8 Å². The fourth-order valence-electron chi connectivity index (χ4n) is 5.00. The number of carbonyl (C=O) groups excluding carboxylic acids is 2. The molecule has 0 saturated heterocycles. The molecule has 0 bridgehead atoms. The third kappa shape index (κ3) is 5.44. The first-order valence-corrected chi connectivity index (χ1v) is 13.8. The lowest BCUT2D eigenvalue weighted by atomic mass is 9.82. The van der Waals surface area contributed by atoms with Crippen molar-refractivity contribution < 1.29 is 14.3 Å². The molecule has 0 radical (unpaired) electrons. The number of fused-ring (bicyclic) bond motifs is 2. The number of hydrogen-bond acceptors (Lipinski definition) is 5. The molecule has 0 amide bonds. The molecule has 198 valence electrons. The van der Waals surface area contributed by atoms with Gasteiger partial charge in [-0.2, -0.15) is 0 Å². The Balaban J connectivity index is 1.55. The molecule has 1 aliphatic carbocycles. The van der Waals surface area contributed by atoms with Gasteiger partial charge in [0, 0.05) is 22.9 Å². The predicted octanol–water partition coefficient (Wildman–Crippen LogP) is 8.27. The number of nitrogens with two attached hydrogens (primary N) is 1. The Kier molecular flexibility index (Phi) is 7.78. The van der Waals surface area contributed by atoms with Gasteiger partial charge in [-0.15, -0.1) is 0 Å². The zero-order chi connectivity index (χ0) is 27.4. The molecule has 3 N–H and O–H groups in total. The Morgan fingerprint density at radius 2 is 1.26 bits per heavy atom. The van der Waals surface area contributed by atoms with Crippen molar-refractivity contribution in [2.24, 2.45) is 0 Å². The summed E-state index contributed by atoms with van der Waals surface area (Å²) in [5, 5.41) is 3.37. The molecule has 1 aliphatic rings. The number of carbonyl (C=O) groups is 2. The van der Waals surface area contributed by atoms with Crippen molar-refractivity contribution in [3.8, 4) is 11.5 Å². The third-order valence-electron chi connectivity index (χ3n) is 7.22. The molecule has 5 rings (SSSR count). The van der Waals surface area contributed by atoms with Crippen LogP contribution in [-0.2, 0) is 12.8 Å². The smallest absolute Gasteiger partial charge is 0.196 e. The maximum absolute atomic E-state index is 13.7. The Bertz CT molecular complexity index is 1510. The molecule has 4 aromatic rings. The molecular formula is C34H34N2O3. The zero-order valence-electron chi connectivity index (χ0n) is 22.6. The van der Waals surface area contributed by atoms with Crippen molar-refractivity contribution in [2.45, 2.75) is 52.4 Å². The first-order chi connectivity index (χ1) is 19.0. The number of nitrogens with one attached hydrogen (secondary N) is 1. The Hall–Kier alpha value is -4.38. The molecule has 4 aromatic carbocycles. The van der Waals surface area contributed by atoms with Crippen LogP contribution in [0.1, 0.15) is 82.5 Å². The van der Waals surface area contributed by atoms with E-state index in [9.17, 15) is 9.59 Å². The molecule has 0 heterocycles. The minimum Gasteiger partial charge on any atom is -0.455 e. The summed E-state index contributed by atoms with van der Waals surface area (Å²) in [4.78, 5) is 27.4. The van der Waals surface area contributed by atoms with Crippen LogP contribution in [0.2, 0.25) is 0 Å². The van der Waals surface area contributed by atoms with Gasteiger partial charge in [-0.05, 0) is 61.1 Å². The van der Waals surface area contributed by atoms with E-state index in [2.05, 4.69) is 31.3 Å². The van der Waals surface area contributed by atoms with E-state index in [4.69, 9.17) is 10.5 Å². The molecule has 5 nitrogen and oxygen atoms in total. The van der Waals surface area contributed by atoms with Crippen molar-refractivity contribution in [1.82, 2.24) is 0 Å². The van der Waals surface area contributed by atoms with Crippen molar-refractivity contribution >= 4 is 28.6 Å². The average molecular weight is 519 g/mol. The van der Waals surface area contributed by atoms with E-state index in [0.29, 0.717) is 28.3 Å². The molecule has 0 unspecified atom stereocenters. The molecule has 0 atom stereocenters. The van der Waals surface area contributed by atoms with Gasteiger partial charge in [-0.1, -0.05) is 75.2 Å². The van der Waals surface area contributed by atoms with Crippen molar-refractivity contribution in [3.05, 3.63) is 112 Å². The molecular weight excluding hydrogens is 484 g/mol.